The molecular formula is C34H55N5O8. The molecule has 0 spiro atoms. The molecule has 1 atom stereocenters. The van der Waals surface area contributed by atoms with Crippen molar-refractivity contribution in [3.8, 4) is 17.2 Å². The minimum absolute atomic E-state index is 0.0655. The lowest BCUT2D eigenvalue weighted by molar-refractivity contribution is -0.130. The Balaban J connectivity index is 2.21. The summed E-state index contributed by atoms with van der Waals surface area (Å²) in [5.41, 5.74) is 17.5. The number of ether oxygens (including phenoxy) is 6. The Bertz CT molecular complexity index is 1140. The number of nitrogens with one attached hydrogen (secondary N) is 2. The number of hydrogen-bond acceptors (Lipinski definition) is 11. The largest absolute Gasteiger partial charge is 0.497 e. The molecule has 2 amide bonds. The van der Waals surface area contributed by atoms with Crippen molar-refractivity contribution in [3.63, 3.8) is 0 Å². The van der Waals surface area contributed by atoms with Crippen LogP contribution in [0.1, 0.15) is 56.2 Å². The number of benzene rings is 2. The third-order valence-electron chi connectivity index (χ3n) is 7.18. The number of carbonyl (C=O) groups is 2. The molecule has 13 nitrogen and oxygen atoms in total. The van der Waals surface area contributed by atoms with E-state index in [1.807, 2.05) is 37.3 Å². The maximum absolute atomic E-state index is 13.4. The molecule has 0 radical (unpaired) electrons. The predicted octanol–water partition coefficient (Wildman–Crippen LogP) is 2.04. The molecule has 0 aliphatic heterocycles. The van der Waals surface area contributed by atoms with Crippen molar-refractivity contribution in [1.82, 2.24) is 10.6 Å². The normalized spacial score (nSPS) is 12.0. The molecule has 8 N–H and O–H groups in total. The molecule has 2 aromatic rings. The summed E-state index contributed by atoms with van der Waals surface area (Å²) in [6, 6.07) is 12.3. The monoisotopic (exact) mass is 661 g/mol. The van der Waals surface area contributed by atoms with Crippen LogP contribution < -0.4 is 42.0 Å². The minimum Gasteiger partial charge on any atom is -0.497 e. The van der Waals surface area contributed by atoms with Crippen LogP contribution in [0, 0.1) is 0 Å². The second kappa shape index (κ2) is 23.0. The Morgan fingerprint density at radius 1 is 0.745 bits per heavy atom. The highest BCUT2D eigenvalue weighted by Gasteiger charge is 2.34. The maximum Gasteiger partial charge on any atom is 0.221 e. The molecule has 264 valence electrons. The SMILES string of the molecule is CCOc1ccc(C(NC(=O)CCC(=O)NC(COCCCN)(COCCCN)COCCCN)c2ccc(OC)cc2OC)cc1. The van der Waals surface area contributed by atoms with Gasteiger partial charge in [-0.15, -0.1) is 0 Å². The third-order valence-corrected chi connectivity index (χ3v) is 7.18. The van der Waals surface area contributed by atoms with Gasteiger partial charge in [0, 0.05) is 44.3 Å². The lowest BCUT2D eigenvalue weighted by atomic mass is 9.97. The molecule has 2 rings (SSSR count). The first-order valence-corrected chi connectivity index (χ1v) is 16.2. The number of methoxy groups -OCH3 is 2. The fourth-order valence-electron chi connectivity index (χ4n) is 4.73. The maximum atomic E-state index is 13.4. The Labute approximate surface area is 279 Å². The molecule has 0 saturated heterocycles. The second-order valence-electron chi connectivity index (χ2n) is 11.0. The van der Waals surface area contributed by atoms with Gasteiger partial charge in [0.25, 0.3) is 0 Å². The van der Waals surface area contributed by atoms with Crippen molar-refractivity contribution in [2.75, 3.05) is 80.1 Å². The summed E-state index contributed by atoms with van der Waals surface area (Å²) in [6.45, 7) is 5.59. The standard InChI is InChI=1S/C34H55N5O8/c1-4-47-27-10-8-26(9-11-27)33(29-13-12-28(42-2)22-30(29)43-3)38-31(40)14-15-32(41)39-34(23-44-19-5-16-35,24-45-20-6-17-36)25-46-21-7-18-37/h8-13,22,33H,4-7,14-21,23-25,35-37H2,1-3H3,(H,38,40)(H,39,41). The number of carbonyl (C=O) groups excluding carboxylic acids is 2. The van der Waals surface area contributed by atoms with E-state index in [2.05, 4.69) is 10.6 Å². The minimum atomic E-state index is -0.980. The Morgan fingerprint density at radius 3 is 1.77 bits per heavy atom. The van der Waals surface area contributed by atoms with Crippen molar-refractivity contribution in [1.29, 1.82) is 0 Å². The molecule has 0 aliphatic rings. The van der Waals surface area contributed by atoms with E-state index >= 15 is 0 Å². The van der Waals surface area contributed by atoms with E-state index in [4.69, 9.17) is 45.6 Å². The van der Waals surface area contributed by atoms with Crippen molar-refractivity contribution < 1.29 is 38.0 Å². The number of nitrogens with two attached hydrogens (primary N) is 3. The number of hydrogen-bond donors (Lipinski definition) is 5. The van der Waals surface area contributed by atoms with Crippen LogP contribution in [0.4, 0.5) is 0 Å². The van der Waals surface area contributed by atoms with Crippen LogP contribution in [0.25, 0.3) is 0 Å². The van der Waals surface area contributed by atoms with E-state index in [1.54, 1.807) is 26.4 Å². The summed E-state index contributed by atoms with van der Waals surface area (Å²) in [7, 11) is 3.13. The van der Waals surface area contributed by atoms with Gasteiger partial charge in [-0.2, -0.15) is 0 Å². The molecule has 47 heavy (non-hydrogen) atoms. The lowest BCUT2D eigenvalue weighted by Crippen LogP contribution is -2.58. The fraction of sp³-hybridized carbons (Fsp3) is 0.588. The van der Waals surface area contributed by atoms with Crippen molar-refractivity contribution in [2.45, 2.75) is 50.6 Å². The van der Waals surface area contributed by atoms with Crippen molar-refractivity contribution in [2.24, 2.45) is 17.2 Å². The molecule has 0 heterocycles. The topological polar surface area (TPSA) is 192 Å². The van der Waals surface area contributed by atoms with Gasteiger partial charge in [-0.05, 0) is 75.6 Å². The van der Waals surface area contributed by atoms with Crippen LogP contribution in [-0.2, 0) is 23.8 Å². The van der Waals surface area contributed by atoms with E-state index in [-0.39, 0.29) is 44.5 Å². The van der Waals surface area contributed by atoms with Gasteiger partial charge in [-0.3, -0.25) is 9.59 Å². The van der Waals surface area contributed by atoms with Gasteiger partial charge in [0.2, 0.25) is 11.8 Å². The molecule has 0 bridgehead atoms. The van der Waals surface area contributed by atoms with E-state index in [9.17, 15) is 9.59 Å². The number of rotatable bonds is 26. The van der Waals surface area contributed by atoms with E-state index in [0.717, 1.165) is 11.1 Å². The highest BCUT2D eigenvalue weighted by Crippen LogP contribution is 2.34. The predicted molar refractivity (Wildman–Crippen MR) is 181 cm³/mol. The molecule has 0 saturated carbocycles. The van der Waals surface area contributed by atoms with Crippen LogP contribution in [0.15, 0.2) is 42.5 Å². The van der Waals surface area contributed by atoms with Gasteiger partial charge in [-0.1, -0.05) is 12.1 Å². The first-order valence-electron chi connectivity index (χ1n) is 16.2. The fourth-order valence-corrected chi connectivity index (χ4v) is 4.73. The molecule has 0 aromatic heterocycles. The van der Waals surface area contributed by atoms with Crippen molar-refractivity contribution in [3.05, 3.63) is 53.6 Å². The highest BCUT2D eigenvalue weighted by atomic mass is 16.5. The van der Waals surface area contributed by atoms with Gasteiger partial charge < -0.3 is 56.3 Å². The van der Waals surface area contributed by atoms with Gasteiger partial charge in [0.05, 0.1) is 46.7 Å². The summed E-state index contributed by atoms with van der Waals surface area (Å²) in [4.78, 5) is 26.8. The smallest absolute Gasteiger partial charge is 0.221 e. The van der Waals surface area contributed by atoms with Gasteiger partial charge in [0.15, 0.2) is 0 Å². The zero-order chi connectivity index (χ0) is 34.3. The molecule has 0 aliphatic carbocycles. The summed E-state index contributed by atoms with van der Waals surface area (Å²) in [6.07, 6.45) is 1.87. The Morgan fingerprint density at radius 2 is 1.28 bits per heavy atom. The van der Waals surface area contributed by atoms with Crippen LogP contribution in [0.5, 0.6) is 17.2 Å². The van der Waals surface area contributed by atoms with Crippen LogP contribution in [0.3, 0.4) is 0 Å². The summed E-state index contributed by atoms with van der Waals surface area (Å²) in [5, 5.41) is 6.13. The zero-order valence-corrected chi connectivity index (χ0v) is 28.2. The average Bonchev–Trinajstić information content (AvgIpc) is 3.09. The molecule has 2 aromatic carbocycles. The van der Waals surface area contributed by atoms with Crippen molar-refractivity contribution >= 4 is 11.8 Å². The summed E-state index contributed by atoms with van der Waals surface area (Å²) < 4.78 is 34.3. The highest BCUT2D eigenvalue weighted by molar-refractivity contribution is 5.84. The summed E-state index contributed by atoms with van der Waals surface area (Å²) in [5.74, 6) is 1.22. The number of amides is 2. The molecule has 0 fully saturated rings. The van der Waals surface area contributed by atoms with Crippen LogP contribution in [-0.4, -0.2) is 97.5 Å². The van der Waals surface area contributed by atoms with Gasteiger partial charge >= 0.3 is 0 Å². The van der Waals surface area contributed by atoms with Crippen LogP contribution >= 0.6 is 0 Å². The summed E-state index contributed by atoms with van der Waals surface area (Å²) >= 11 is 0. The first kappa shape index (κ1) is 39.7. The average molecular weight is 662 g/mol. The second-order valence-corrected chi connectivity index (χ2v) is 11.0. The third kappa shape index (κ3) is 14.5. The van der Waals surface area contributed by atoms with Crippen LogP contribution in [0.2, 0.25) is 0 Å². The first-order chi connectivity index (χ1) is 22.8. The molecular weight excluding hydrogens is 606 g/mol. The zero-order valence-electron chi connectivity index (χ0n) is 28.2. The van der Waals surface area contributed by atoms with Gasteiger partial charge in [0.1, 0.15) is 22.8 Å². The lowest BCUT2D eigenvalue weighted by Gasteiger charge is -2.34. The van der Waals surface area contributed by atoms with E-state index in [0.29, 0.717) is 82.6 Å². The Hall–Kier alpha value is -3.46. The quantitative estimate of drug-likeness (QED) is 0.0927. The molecule has 1 unspecified atom stereocenters. The van der Waals surface area contributed by atoms with E-state index < -0.39 is 11.6 Å². The Kier molecular flexibility index (Phi) is 19.4. The van der Waals surface area contributed by atoms with E-state index in [1.165, 1.54) is 0 Å². The molecule has 13 heteroatoms. The van der Waals surface area contributed by atoms with Gasteiger partial charge in [-0.25, -0.2) is 0 Å².